The first-order valence-corrected chi connectivity index (χ1v) is 11.5. The summed E-state index contributed by atoms with van der Waals surface area (Å²) in [5.74, 6) is 0.995. The lowest BCUT2D eigenvalue weighted by molar-refractivity contribution is -0.130. The number of carbonyl (C=O) groups excluding carboxylic acids is 1. The molecular formula is C19H21N5O3S2. The molecule has 1 saturated heterocycles. The van der Waals surface area contributed by atoms with Crippen LogP contribution in [-0.2, 0) is 22.3 Å². The standard InChI is InChI=1S/C19H21N5O3S2/c25-15(9-13-1-2-16(28-13)29(26)27)23-7-8-24(11-19(10-23)4-5-19)18-14-3-6-20-17(14)21-12-22-18/h1-3,6,12H,4-5,7-11H2,(H,26,27)(H,20,21,22). The van der Waals surface area contributed by atoms with Crippen LogP contribution in [0.15, 0.2) is 34.9 Å². The predicted molar refractivity (Wildman–Crippen MR) is 111 cm³/mol. The van der Waals surface area contributed by atoms with E-state index in [9.17, 15) is 13.6 Å². The van der Waals surface area contributed by atoms with Crippen molar-refractivity contribution in [1.82, 2.24) is 19.9 Å². The maximum atomic E-state index is 13.0. The molecule has 1 unspecified atom stereocenters. The Balaban J connectivity index is 1.34. The minimum Gasteiger partial charge on any atom is -0.354 e. The normalized spacial score (nSPS) is 19.5. The topological polar surface area (TPSA) is 102 Å². The lowest BCUT2D eigenvalue weighted by Gasteiger charge is -2.25. The molecule has 1 amide bonds. The second-order valence-corrected chi connectivity index (χ2v) is 10.2. The van der Waals surface area contributed by atoms with Crippen LogP contribution in [0.25, 0.3) is 11.0 Å². The van der Waals surface area contributed by atoms with Crippen molar-refractivity contribution in [3.8, 4) is 0 Å². The maximum Gasteiger partial charge on any atom is 0.227 e. The number of hydrogen-bond acceptors (Lipinski definition) is 6. The summed E-state index contributed by atoms with van der Waals surface area (Å²) in [6, 6.07) is 5.39. The molecule has 2 N–H and O–H groups in total. The number of nitrogens with zero attached hydrogens (tertiary/aromatic N) is 4. The quantitative estimate of drug-likeness (QED) is 0.615. The molecule has 0 bridgehead atoms. The maximum absolute atomic E-state index is 13.0. The Morgan fingerprint density at radius 1 is 1.24 bits per heavy atom. The van der Waals surface area contributed by atoms with Gasteiger partial charge in [0.2, 0.25) is 5.91 Å². The molecule has 0 radical (unpaired) electrons. The average molecular weight is 432 g/mol. The van der Waals surface area contributed by atoms with Gasteiger partial charge in [0.15, 0.2) is 11.1 Å². The van der Waals surface area contributed by atoms with Gasteiger partial charge in [0.25, 0.3) is 0 Å². The molecule has 3 aromatic rings. The average Bonchev–Trinajstić information content (AvgIpc) is 3.11. The van der Waals surface area contributed by atoms with Crippen LogP contribution in [0.2, 0.25) is 0 Å². The van der Waals surface area contributed by atoms with Crippen molar-refractivity contribution in [2.24, 2.45) is 5.41 Å². The Hall–Kier alpha value is -2.30. The number of hydrogen-bond donors (Lipinski definition) is 2. The van der Waals surface area contributed by atoms with E-state index in [0.29, 0.717) is 10.8 Å². The molecule has 29 heavy (non-hydrogen) atoms. The molecule has 1 aliphatic carbocycles. The molecule has 1 atom stereocenters. The summed E-state index contributed by atoms with van der Waals surface area (Å²) in [5, 5.41) is 1.01. The van der Waals surface area contributed by atoms with E-state index < -0.39 is 11.1 Å². The van der Waals surface area contributed by atoms with Gasteiger partial charge in [-0.25, -0.2) is 14.2 Å². The van der Waals surface area contributed by atoms with Gasteiger partial charge in [0, 0.05) is 42.7 Å². The lowest BCUT2D eigenvalue weighted by Crippen LogP contribution is -2.37. The molecule has 8 nitrogen and oxygen atoms in total. The number of anilines is 1. The van der Waals surface area contributed by atoms with Gasteiger partial charge in [-0.1, -0.05) is 0 Å². The molecule has 10 heteroatoms. The molecule has 1 spiro atoms. The van der Waals surface area contributed by atoms with Crippen molar-refractivity contribution < 1.29 is 13.6 Å². The predicted octanol–water partition coefficient (Wildman–Crippen LogP) is 2.27. The third-order valence-corrected chi connectivity index (χ3v) is 7.81. The molecule has 1 aliphatic heterocycles. The number of thiophene rings is 1. The fraction of sp³-hybridized carbons (Fsp3) is 0.421. The van der Waals surface area contributed by atoms with Gasteiger partial charge >= 0.3 is 0 Å². The van der Waals surface area contributed by atoms with Crippen LogP contribution >= 0.6 is 11.3 Å². The van der Waals surface area contributed by atoms with Crippen molar-refractivity contribution >= 4 is 45.2 Å². The van der Waals surface area contributed by atoms with Crippen LogP contribution in [0.4, 0.5) is 5.82 Å². The lowest BCUT2D eigenvalue weighted by atomic mass is 10.1. The van der Waals surface area contributed by atoms with Gasteiger partial charge in [-0.05, 0) is 31.0 Å². The van der Waals surface area contributed by atoms with Crippen LogP contribution in [0.3, 0.4) is 0 Å². The van der Waals surface area contributed by atoms with E-state index in [0.717, 1.165) is 54.2 Å². The third kappa shape index (κ3) is 3.67. The van der Waals surface area contributed by atoms with Crippen molar-refractivity contribution in [3.05, 3.63) is 35.6 Å². The zero-order valence-corrected chi connectivity index (χ0v) is 17.3. The summed E-state index contributed by atoms with van der Waals surface area (Å²) < 4.78 is 20.8. The van der Waals surface area contributed by atoms with Gasteiger partial charge < -0.3 is 19.3 Å². The number of rotatable bonds is 4. The van der Waals surface area contributed by atoms with Crippen LogP contribution < -0.4 is 4.90 Å². The second kappa shape index (κ2) is 7.19. The number of H-pyrrole nitrogens is 1. The fourth-order valence-electron chi connectivity index (χ4n) is 4.06. The van der Waals surface area contributed by atoms with Crippen molar-refractivity contribution in [3.63, 3.8) is 0 Å². The molecule has 3 aromatic heterocycles. The van der Waals surface area contributed by atoms with Crippen molar-refractivity contribution in [2.75, 3.05) is 31.1 Å². The van der Waals surface area contributed by atoms with Gasteiger partial charge in [0.05, 0.1) is 11.8 Å². The number of fused-ring (bicyclic) bond motifs is 1. The van der Waals surface area contributed by atoms with Crippen LogP contribution in [-0.4, -0.2) is 60.7 Å². The third-order valence-electron chi connectivity index (χ3n) is 5.77. The Labute approximate surface area is 174 Å². The number of aromatic amines is 1. The second-order valence-electron chi connectivity index (χ2n) is 7.82. The van der Waals surface area contributed by atoms with Crippen LogP contribution in [0.1, 0.15) is 17.7 Å². The van der Waals surface area contributed by atoms with E-state index in [-0.39, 0.29) is 17.7 Å². The van der Waals surface area contributed by atoms with Crippen LogP contribution in [0, 0.1) is 5.41 Å². The summed E-state index contributed by atoms with van der Waals surface area (Å²) in [6.07, 6.45) is 5.95. The molecule has 4 heterocycles. The van der Waals surface area contributed by atoms with Crippen molar-refractivity contribution in [2.45, 2.75) is 23.5 Å². The minimum atomic E-state index is -1.99. The first-order chi connectivity index (χ1) is 14.0. The molecule has 2 fully saturated rings. The summed E-state index contributed by atoms with van der Waals surface area (Å²) in [4.78, 5) is 30.0. The van der Waals surface area contributed by atoms with E-state index in [4.69, 9.17) is 0 Å². The number of nitrogens with one attached hydrogen (secondary N) is 1. The highest BCUT2D eigenvalue weighted by atomic mass is 32.2. The van der Waals surface area contributed by atoms with Gasteiger partial charge in [-0.3, -0.25) is 4.79 Å². The highest BCUT2D eigenvalue weighted by Gasteiger charge is 2.47. The molecule has 152 valence electrons. The highest BCUT2D eigenvalue weighted by Crippen LogP contribution is 2.48. The molecule has 2 aliphatic rings. The smallest absolute Gasteiger partial charge is 0.227 e. The van der Waals surface area contributed by atoms with Crippen molar-refractivity contribution in [1.29, 1.82) is 0 Å². The number of aromatic nitrogens is 3. The van der Waals surface area contributed by atoms with E-state index in [1.54, 1.807) is 18.5 Å². The largest absolute Gasteiger partial charge is 0.354 e. The first-order valence-electron chi connectivity index (χ1n) is 9.53. The Bertz CT molecular complexity index is 1090. The number of carbonyl (C=O) groups is 1. The van der Waals surface area contributed by atoms with E-state index in [2.05, 4.69) is 19.9 Å². The first kappa shape index (κ1) is 18.7. The fourth-order valence-corrected chi connectivity index (χ4v) is 5.58. The molecule has 0 aromatic carbocycles. The zero-order valence-electron chi connectivity index (χ0n) is 15.7. The van der Waals surface area contributed by atoms with E-state index in [1.807, 2.05) is 17.2 Å². The monoisotopic (exact) mass is 431 g/mol. The summed E-state index contributed by atoms with van der Waals surface area (Å²) in [7, 11) is 0. The SMILES string of the molecule is O=C(Cc1ccc(S(=O)O)s1)N1CCN(c2ncnc3[nH]ccc23)CC2(CC2)C1. The number of amides is 1. The minimum absolute atomic E-state index is 0.0738. The zero-order chi connectivity index (χ0) is 20.0. The highest BCUT2D eigenvalue weighted by molar-refractivity contribution is 7.81. The Kier molecular flexibility index (Phi) is 4.64. The van der Waals surface area contributed by atoms with Gasteiger partial charge in [0.1, 0.15) is 22.0 Å². The molecule has 1 saturated carbocycles. The Morgan fingerprint density at radius 3 is 2.86 bits per heavy atom. The van der Waals surface area contributed by atoms with E-state index >= 15 is 0 Å². The van der Waals surface area contributed by atoms with E-state index in [1.165, 1.54) is 11.3 Å². The Morgan fingerprint density at radius 2 is 2.10 bits per heavy atom. The van der Waals surface area contributed by atoms with Crippen LogP contribution in [0.5, 0.6) is 0 Å². The van der Waals surface area contributed by atoms with Gasteiger partial charge in [-0.2, -0.15) is 0 Å². The molecule has 5 rings (SSSR count). The summed E-state index contributed by atoms with van der Waals surface area (Å²) >= 11 is -0.769. The molecular weight excluding hydrogens is 410 g/mol. The summed E-state index contributed by atoms with van der Waals surface area (Å²) in [6.45, 7) is 3.01. The van der Waals surface area contributed by atoms with Gasteiger partial charge in [-0.15, -0.1) is 11.3 Å². The summed E-state index contributed by atoms with van der Waals surface area (Å²) in [5.41, 5.74) is 0.958.